The van der Waals surface area contributed by atoms with Crippen LogP contribution in [-0.4, -0.2) is 49.5 Å². The number of hydrogen-bond acceptors (Lipinski definition) is 5. The summed E-state index contributed by atoms with van der Waals surface area (Å²) in [5, 5.41) is 0. The average Bonchev–Trinajstić information content (AvgIpc) is 2.79. The number of hydrogen-bond donors (Lipinski definition) is 1. The molecule has 8 heteroatoms. The van der Waals surface area contributed by atoms with E-state index in [2.05, 4.69) is 5.48 Å². The maximum absolute atomic E-state index is 12.6. The van der Waals surface area contributed by atoms with Crippen LogP contribution in [0.2, 0.25) is 0 Å². The molecular formula is C15H21N3O4S. The minimum Gasteiger partial charge on any atom is -0.352 e. The van der Waals surface area contributed by atoms with Crippen molar-refractivity contribution in [3.8, 4) is 0 Å². The van der Waals surface area contributed by atoms with Gasteiger partial charge in [-0.05, 0) is 31.4 Å². The first-order chi connectivity index (χ1) is 11.0. The molecule has 1 aromatic carbocycles. The Labute approximate surface area is 136 Å². The monoisotopic (exact) mass is 339 g/mol. The van der Waals surface area contributed by atoms with Crippen molar-refractivity contribution < 1.29 is 18.0 Å². The molecule has 0 radical (unpaired) electrons. The molecule has 2 unspecified atom stereocenters. The number of nitrogens with zero attached hydrogens (tertiary/aromatic N) is 2. The molecule has 7 nitrogen and oxygen atoms in total. The molecule has 1 N–H and O–H groups in total. The Morgan fingerprint density at radius 3 is 2.70 bits per heavy atom. The number of sulfonamides is 1. The van der Waals surface area contributed by atoms with Crippen molar-refractivity contribution in [1.29, 1.82) is 0 Å². The molecule has 2 heterocycles. The molecule has 126 valence electrons. The van der Waals surface area contributed by atoms with Crippen LogP contribution in [0.3, 0.4) is 0 Å². The Morgan fingerprint density at radius 2 is 1.96 bits per heavy atom. The number of nitrogens with one attached hydrogen (secondary N) is 1. The van der Waals surface area contributed by atoms with Crippen LogP contribution >= 0.6 is 0 Å². The van der Waals surface area contributed by atoms with Gasteiger partial charge < -0.3 is 4.84 Å². The minimum atomic E-state index is -3.56. The van der Waals surface area contributed by atoms with E-state index in [0.29, 0.717) is 0 Å². The molecule has 0 saturated carbocycles. The van der Waals surface area contributed by atoms with E-state index >= 15 is 0 Å². The molecule has 2 aliphatic rings. The molecule has 1 amide bonds. The summed E-state index contributed by atoms with van der Waals surface area (Å²) in [6, 6.07) is 8.14. The van der Waals surface area contributed by atoms with Crippen molar-refractivity contribution >= 4 is 16.1 Å². The van der Waals surface area contributed by atoms with Crippen LogP contribution in [0.1, 0.15) is 25.7 Å². The molecule has 0 aromatic heterocycles. The fraction of sp³-hybridized carbons (Fsp3) is 0.533. The lowest BCUT2D eigenvalue weighted by Gasteiger charge is -2.30. The highest BCUT2D eigenvalue weighted by Gasteiger charge is 2.40. The summed E-state index contributed by atoms with van der Waals surface area (Å²) >= 11 is 0. The SMILES string of the molecule is CN(CC1CCCCC2NOC(=O)N12)S(=O)(=O)c1ccccc1. The third-order valence-electron chi connectivity index (χ3n) is 4.41. The van der Waals surface area contributed by atoms with E-state index in [-0.39, 0.29) is 23.6 Å². The fourth-order valence-corrected chi connectivity index (χ4v) is 4.39. The lowest BCUT2D eigenvalue weighted by atomic mass is 10.1. The standard InChI is InChI=1S/C15H21N3O4S/c1-17(23(20,21)13-8-3-2-4-9-13)11-12-7-5-6-10-14-16-22-15(19)18(12)14/h2-4,8-9,12,14,16H,5-7,10-11H2,1H3. The van der Waals surface area contributed by atoms with Gasteiger partial charge in [-0.1, -0.05) is 24.6 Å². The number of likely N-dealkylation sites (N-methyl/N-ethyl adjacent to an activating group) is 1. The van der Waals surface area contributed by atoms with Crippen LogP contribution in [0.25, 0.3) is 0 Å². The van der Waals surface area contributed by atoms with Crippen LogP contribution < -0.4 is 5.48 Å². The smallest absolute Gasteiger partial charge is 0.352 e. The first-order valence-corrected chi connectivity index (χ1v) is 9.20. The van der Waals surface area contributed by atoms with Gasteiger partial charge in [-0.15, -0.1) is 5.48 Å². The van der Waals surface area contributed by atoms with Gasteiger partial charge in [-0.25, -0.2) is 13.2 Å². The first kappa shape index (κ1) is 16.2. The summed E-state index contributed by atoms with van der Waals surface area (Å²) in [5.74, 6) is 0. The van der Waals surface area contributed by atoms with Crippen molar-refractivity contribution in [2.45, 2.75) is 42.8 Å². The number of benzene rings is 1. The van der Waals surface area contributed by atoms with Crippen molar-refractivity contribution in [3.63, 3.8) is 0 Å². The molecule has 23 heavy (non-hydrogen) atoms. The Bertz CT molecular complexity index is 665. The second-order valence-corrected chi connectivity index (χ2v) is 7.99. The van der Waals surface area contributed by atoms with E-state index in [4.69, 9.17) is 4.84 Å². The first-order valence-electron chi connectivity index (χ1n) is 7.76. The van der Waals surface area contributed by atoms with Gasteiger partial charge >= 0.3 is 6.09 Å². The third-order valence-corrected chi connectivity index (χ3v) is 6.24. The van der Waals surface area contributed by atoms with E-state index in [0.717, 1.165) is 25.7 Å². The highest BCUT2D eigenvalue weighted by atomic mass is 32.2. The Morgan fingerprint density at radius 1 is 1.26 bits per heavy atom. The van der Waals surface area contributed by atoms with Crippen LogP contribution in [0.4, 0.5) is 4.79 Å². The minimum absolute atomic E-state index is 0.164. The summed E-state index contributed by atoms with van der Waals surface area (Å²) in [6.45, 7) is 0.254. The molecule has 2 aliphatic heterocycles. The summed E-state index contributed by atoms with van der Waals surface area (Å²) in [4.78, 5) is 18.8. The summed E-state index contributed by atoms with van der Waals surface area (Å²) in [6.07, 6.45) is 2.94. The maximum Gasteiger partial charge on any atom is 0.430 e. The van der Waals surface area contributed by atoms with Gasteiger partial charge in [0.2, 0.25) is 10.0 Å². The summed E-state index contributed by atoms with van der Waals surface area (Å²) in [7, 11) is -2.01. The van der Waals surface area contributed by atoms with Gasteiger partial charge in [0.15, 0.2) is 0 Å². The Balaban J connectivity index is 1.78. The Kier molecular flexibility index (Phi) is 4.56. The topological polar surface area (TPSA) is 79.0 Å². The fourth-order valence-electron chi connectivity index (χ4n) is 3.16. The number of amides is 1. The van der Waals surface area contributed by atoms with Crippen LogP contribution in [0, 0.1) is 0 Å². The largest absolute Gasteiger partial charge is 0.430 e. The van der Waals surface area contributed by atoms with Gasteiger partial charge in [-0.2, -0.15) is 4.31 Å². The number of fused-ring (bicyclic) bond motifs is 1. The molecular weight excluding hydrogens is 318 g/mol. The number of carbonyl (C=O) groups excluding carboxylic acids is 1. The van der Waals surface area contributed by atoms with E-state index in [1.807, 2.05) is 0 Å². The molecule has 2 fully saturated rings. The second-order valence-electron chi connectivity index (χ2n) is 5.95. The number of hydroxylamine groups is 1. The van der Waals surface area contributed by atoms with E-state index in [9.17, 15) is 13.2 Å². The van der Waals surface area contributed by atoms with Crippen LogP contribution in [0.5, 0.6) is 0 Å². The predicted molar refractivity (Wildman–Crippen MR) is 83.8 cm³/mol. The zero-order valence-electron chi connectivity index (χ0n) is 13.0. The third kappa shape index (κ3) is 3.19. The van der Waals surface area contributed by atoms with Crippen molar-refractivity contribution in [2.75, 3.05) is 13.6 Å². The van der Waals surface area contributed by atoms with Gasteiger partial charge in [0.1, 0.15) is 6.17 Å². The predicted octanol–water partition coefficient (Wildman–Crippen LogP) is 1.53. The molecule has 1 aromatic rings. The zero-order valence-corrected chi connectivity index (χ0v) is 13.8. The van der Waals surface area contributed by atoms with Crippen LogP contribution in [-0.2, 0) is 14.9 Å². The molecule has 0 aliphatic carbocycles. The maximum atomic E-state index is 12.6. The van der Waals surface area contributed by atoms with Crippen LogP contribution in [0.15, 0.2) is 35.2 Å². The van der Waals surface area contributed by atoms with Crippen molar-refractivity contribution in [3.05, 3.63) is 30.3 Å². The van der Waals surface area contributed by atoms with Crippen molar-refractivity contribution in [2.24, 2.45) is 0 Å². The summed E-state index contributed by atoms with van der Waals surface area (Å²) < 4.78 is 26.6. The summed E-state index contributed by atoms with van der Waals surface area (Å²) in [5.41, 5.74) is 2.73. The lowest BCUT2D eigenvalue weighted by molar-refractivity contribution is 0.117. The highest BCUT2D eigenvalue weighted by molar-refractivity contribution is 7.89. The van der Waals surface area contributed by atoms with Gasteiger partial charge in [0.25, 0.3) is 0 Å². The molecule has 0 spiro atoms. The average molecular weight is 339 g/mol. The van der Waals surface area contributed by atoms with E-state index in [1.54, 1.807) is 42.3 Å². The molecule has 2 saturated heterocycles. The Hall–Kier alpha value is -1.64. The molecule has 3 rings (SSSR count). The van der Waals surface area contributed by atoms with Gasteiger partial charge in [-0.3, -0.25) is 4.90 Å². The number of rotatable bonds is 4. The quantitative estimate of drug-likeness (QED) is 0.900. The molecule has 2 atom stereocenters. The van der Waals surface area contributed by atoms with E-state index < -0.39 is 16.1 Å². The van der Waals surface area contributed by atoms with Gasteiger partial charge in [0.05, 0.1) is 10.9 Å². The van der Waals surface area contributed by atoms with E-state index in [1.165, 1.54) is 4.31 Å². The molecule has 0 bridgehead atoms. The van der Waals surface area contributed by atoms with Gasteiger partial charge in [0, 0.05) is 13.6 Å². The highest BCUT2D eigenvalue weighted by Crippen LogP contribution is 2.26. The number of carbonyl (C=O) groups is 1. The van der Waals surface area contributed by atoms with Crippen molar-refractivity contribution in [1.82, 2.24) is 14.7 Å². The second kappa shape index (κ2) is 6.46. The zero-order chi connectivity index (χ0) is 16.4. The lowest BCUT2D eigenvalue weighted by Crippen LogP contribution is -2.48. The normalized spacial score (nSPS) is 25.1.